The van der Waals surface area contributed by atoms with E-state index in [1.807, 2.05) is 20.8 Å². The molecule has 0 saturated carbocycles. The van der Waals surface area contributed by atoms with Crippen molar-refractivity contribution >= 4 is 21.8 Å². The van der Waals surface area contributed by atoms with Gasteiger partial charge in [-0.25, -0.2) is 17.9 Å². The monoisotopic (exact) mass is 416 g/mol. The smallest absolute Gasteiger partial charge is 0.407 e. The molecule has 0 fully saturated rings. The molecule has 28 heavy (non-hydrogen) atoms. The van der Waals surface area contributed by atoms with Gasteiger partial charge in [0.2, 0.25) is 10.0 Å². The van der Waals surface area contributed by atoms with Crippen LogP contribution < -0.4 is 15.8 Å². The number of sulfonamides is 1. The molecule has 1 aromatic carbocycles. The molecule has 0 radical (unpaired) electrons. The lowest BCUT2D eigenvalue weighted by Gasteiger charge is -2.21. The number of carbonyl (C=O) groups is 1. The highest BCUT2D eigenvalue weighted by atomic mass is 32.2. The maximum absolute atomic E-state index is 12.2. The van der Waals surface area contributed by atoms with Crippen molar-refractivity contribution in [1.29, 1.82) is 0 Å². The van der Waals surface area contributed by atoms with Crippen LogP contribution in [0.2, 0.25) is 0 Å². The van der Waals surface area contributed by atoms with Crippen molar-refractivity contribution in [2.45, 2.75) is 56.5 Å². The normalized spacial score (nSPS) is 13.0. The summed E-state index contributed by atoms with van der Waals surface area (Å²) in [7, 11) is -3.98. The first-order valence-electron chi connectivity index (χ1n) is 8.86. The van der Waals surface area contributed by atoms with Crippen LogP contribution in [-0.2, 0) is 14.8 Å². The van der Waals surface area contributed by atoms with Gasteiger partial charge in [-0.05, 0) is 39.7 Å². The lowest BCUT2D eigenvalue weighted by Crippen LogP contribution is -2.42. The molecule has 0 aliphatic rings. The number of rotatable bonds is 10. The molecule has 0 heterocycles. The number of nitrogens with two attached hydrogens (primary N) is 1. The molecule has 1 aromatic rings. The maximum Gasteiger partial charge on any atom is 0.407 e. The molecule has 0 unspecified atom stereocenters. The van der Waals surface area contributed by atoms with E-state index in [1.165, 1.54) is 18.2 Å². The van der Waals surface area contributed by atoms with Crippen LogP contribution in [0.1, 0.15) is 40.0 Å². The molecule has 1 atom stereocenters. The zero-order chi connectivity index (χ0) is 21.4. The minimum absolute atomic E-state index is 0.0594. The first kappa shape index (κ1) is 23.8. The van der Waals surface area contributed by atoms with Crippen LogP contribution >= 0.6 is 0 Å². The van der Waals surface area contributed by atoms with Gasteiger partial charge in [0.15, 0.2) is 4.90 Å². The van der Waals surface area contributed by atoms with E-state index < -0.39 is 32.3 Å². The van der Waals surface area contributed by atoms with Gasteiger partial charge < -0.3 is 15.8 Å². The Morgan fingerprint density at radius 2 is 1.93 bits per heavy atom. The lowest BCUT2D eigenvalue weighted by molar-refractivity contribution is -0.387. The largest absolute Gasteiger partial charge is 0.448 e. The summed E-state index contributed by atoms with van der Waals surface area (Å²) in [6.07, 6.45) is 1.09. The summed E-state index contributed by atoms with van der Waals surface area (Å²) < 4.78 is 31.9. The number of nitro groups is 1. The molecule has 0 aliphatic heterocycles. The van der Waals surface area contributed by atoms with E-state index in [4.69, 9.17) is 10.5 Å². The number of hydrogen-bond donors (Lipinski definition) is 3. The van der Waals surface area contributed by atoms with Crippen LogP contribution in [0.5, 0.6) is 0 Å². The van der Waals surface area contributed by atoms with Gasteiger partial charge in [0.05, 0.1) is 4.92 Å². The van der Waals surface area contributed by atoms with E-state index in [-0.39, 0.29) is 24.1 Å². The lowest BCUT2D eigenvalue weighted by atomic mass is 10.1. The van der Waals surface area contributed by atoms with Crippen molar-refractivity contribution in [3.8, 4) is 0 Å². The fourth-order valence-corrected chi connectivity index (χ4v) is 3.50. The number of amides is 1. The molecule has 158 valence electrons. The van der Waals surface area contributed by atoms with Gasteiger partial charge in [-0.1, -0.05) is 18.6 Å². The number of nitrogens with zero attached hydrogens (tertiary/aromatic N) is 1. The Morgan fingerprint density at radius 1 is 1.29 bits per heavy atom. The number of unbranched alkanes of at least 4 members (excludes halogenated alkanes) is 1. The number of benzene rings is 1. The predicted octanol–water partition coefficient (Wildman–Crippen LogP) is 1.90. The molecule has 1 rings (SSSR count). The van der Waals surface area contributed by atoms with E-state index in [0.29, 0.717) is 19.3 Å². The van der Waals surface area contributed by atoms with E-state index in [0.717, 1.165) is 6.07 Å². The number of nitrogens with one attached hydrogen (secondary N) is 2. The van der Waals surface area contributed by atoms with Crippen molar-refractivity contribution in [3.63, 3.8) is 0 Å². The van der Waals surface area contributed by atoms with Gasteiger partial charge in [0, 0.05) is 24.2 Å². The molecule has 4 N–H and O–H groups in total. The quantitative estimate of drug-likeness (QED) is 0.299. The summed E-state index contributed by atoms with van der Waals surface area (Å²) in [6.45, 7) is 5.67. The summed E-state index contributed by atoms with van der Waals surface area (Å²) in [6, 6.07) is 4.80. The highest BCUT2D eigenvalue weighted by molar-refractivity contribution is 7.89. The Morgan fingerprint density at radius 3 is 2.54 bits per heavy atom. The Hall–Kier alpha value is -2.24. The third-order valence-electron chi connectivity index (χ3n) is 3.55. The van der Waals surface area contributed by atoms with Gasteiger partial charge in [-0.2, -0.15) is 0 Å². The Kier molecular flexibility index (Phi) is 8.79. The van der Waals surface area contributed by atoms with Crippen molar-refractivity contribution in [2.75, 3.05) is 13.2 Å². The highest BCUT2D eigenvalue weighted by Crippen LogP contribution is 2.22. The number of carbonyl (C=O) groups excluding carboxylic acids is 1. The van der Waals surface area contributed by atoms with Crippen molar-refractivity contribution in [3.05, 3.63) is 34.4 Å². The average molecular weight is 417 g/mol. The minimum Gasteiger partial charge on any atom is -0.448 e. The molecule has 0 saturated heterocycles. The van der Waals surface area contributed by atoms with Crippen LogP contribution in [0.15, 0.2) is 29.2 Å². The molecule has 0 bridgehead atoms. The molecule has 1 amide bonds. The second kappa shape index (κ2) is 10.3. The summed E-state index contributed by atoms with van der Waals surface area (Å²) in [5.41, 5.74) is 5.01. The Balaban J connectivity index is 2.35. The van der Waals surface area contributed by atoms with Crippen LogP contribution in [-0.4, -0.2) is 44.2 Å². The Bertz CT molecular complexity index is 776. The molecule has 0 aliphatic carbocycles. The van der Waals surface area contributed by atoms with Crippen molar-refractivity contribution in [1.82, 2.24) is 10.0 Å². The molecule has 11 heteroatoms. The molecule has 10 nitrogen and oxygen atoms in total. The topological polar surface area (TPSA) is 154 Å². The SMILES string of the molecule is CC(C)(C)NC(=O)OC[C@@H](N)CCCCNS(=O)(=O)c1ccccc1[N+](=O)[O-]. The van der Waals surface area contributed by atoms with E-state index in [9.17, 15) is 23.3 Å². The van der Waals surface area contributed by atoms with E-state index in [2.05, 4.69) is 10.0 Å². The van der Waals surface area contributed by atoms with Gasteiger partial charge in [-0.15, -0.1) is 0 Å². The number of hydrogen-bond acceptors (Lipinski definition) is 7. The van der Waals surface area contributed by atoms with Crippen LogP contribution in [0.25, 0.3) is 0 Å². The second-order valence-electron chi connectivity index (χ2n) is 7.35. The summed E-state index contributed by atoms with van der Waals surface area (Å²) in [4.78, 5) is 21.4. The highest BCUT2D eigenvalue weighted by Gasteiger charge is 2.24. The number of alkyl carbamates (subject to hydrolysis) is 1. The average Bonchev–Trinajstić information content (AvgIpc) is 2.58. The van der Waals surface area contributed by atoms with E-state index >= 15 is 0 Å². The van der Waals surface area contributed by atoms with Crippen LogP contribution in [0.3, 0.4) is 0 Å². The zero-order valence-corrected chi connectivity index (χ0v) is 17.1. The second-order valence-corrected chi connectivity index (χ2v) is 9.09. The predicted molar refractivity (Wildman–Crippen MR) is 104 cm³/mol. The number of para-hydroxylation sites is 1. The fraction of sp³-hybridized carbons (Fsp3) is 0.588. The first-order chi connectivity index (χ1) is 12.9. The molecular formula is C17H28N4O6S. The summed E-state index contributed by atoms with van der Waals surface area (Å²) in [5, 5.41) is 13.6. The molecule has 0 spiro atoms. The van der Waals surface area contributed by atoms with Crippen LogP contribution in [0.4, 0.5) is 10.5 Å². The van der Waals surface area contributed by atoms with Crippen molar-refractivity contribution < 1.29 is 22.9 Å². The van der Waals surface area contributed by atoms with Gasteiger partial charge in [0.25, 0.3) is 5.69 Å². The van der Waals surface area contributed by atoms with Crippen LogP contribution in [0, 0.1) is 10.1 Å². The van der Waals surface area contributed by atoms with Gasteiger partial charge in [0.1, 0.15) is 6.61 Å². The number of nitro benzene ring substituents is 1. The van der Waals surface area contributed by atoms with E-state index in [1.54, 1.807) is 0 Å². The van der Waals surface area contributed by atoms with Crippen molar-refractivity contribution in [2.24, 2.45) is 5.73 Å². The first-order valence-corrected chi connectivity index (χ1v) is 10.3. The summed E-state index contributed by atoms with van der Waals surface area (Å²) >= 11 is 0. The summed E-state index contributed by atoms with van der Waals surface area (Å²) in [5.74, 6) is 0. The number of ether oxygens (including phenoxy) is 1. The van der Waals surface area contributed by atoms with Gasteiger partial charge in [-0.3, -0.25) is 10.1 Å². The maximum atomic E-state index is 12.2. The third kappa shape index (κ3) is 8.63. The zero-order valence-electron chi connectivity index (χ0n) is 16.3. The third-order valence-corrected chi connectivity index (χ3v) is 5.06. The standard InChI is InChI=1S/C17H28N4O6S/c1-17(2,3)20-16(22)27-12-13(18)8-6-7-11-19-28(25,26)15-10-5-4-9-14(15)21(23)24/h4-5,9-10,13,19H,6-8,11-12,18H2,1-3H3,(H,20,22)/t13-/m0/s1. The van der Waals surface area contributed by atoms with Gasteiger partial charge >= 0.3 is 6.09 Å². The molecular weight excluding hydrogens is 388 g/mol. The minimum atomic E-state index is -3.98. The Labute approximate surface area is 165 Å². The fourth-order valence-electron chi connectivity index (χ4n) is 2.26. The molecule has 0 aromatic heterocycles.